The van der Waals surface area contributed by atoms with Gasteiger partial charge in [-0.15, -0.1) is 11.6 Å². The molecule has 4 nitrogen and oxygen atoms in total. The molecule has 94 valence electrons. The van der Waals surface area contributed by atoms with E-state index in [-0.39, 0.29) is 5.41 Å². The number of hydrogen-bond donors (Lipinski definition) is 1. The van der Waals surface area contributed by atoms with E-state index in [2.05, 4.69) is 0 Å². The Morgan fingerprint density at radius 1 is 1.38 bits per heavy atom. The molecular formula is C10H18ClO4P. The van der Waals surface area contributed by atoms with Crippen LogP contribution in [-0.2, 0) is 13.6 Å². The highest BCUT2D eigenvalue weighted by molar-refractivity contribution is 7.55. The third-order valence-electron chi connectivity index (χ3n) is 3.23. The molecule has 1 saturated heterocycles. The molecule has 2 rings (SSSR count). The number of hydrogen-bond acceptors (Lipinski definition) is 4. The highest BCUT2D eigenvalue weighted by Gasteiger charge is 2.59. The molecule has 1 N–H and O–H groups in total. The predicted molar refractivity (Wildman–Crippen MR) is 61.7 cm³/mol. The summed E-state index contributed by atoms with van der Waals surface area (Å²) in [5.41, 5.74) is -0.162. The average Bonchev–Trinajstić information content (AvgIpc) is 2.54. The maximum Gasteiger partial charge on any atom is 0.363 e. The minimum atomic E-state index is -3.49. The SMILES string of the molecule is CC1(C)COP(=O)([C@@]2(O)CCC[C@@H]2Cl)OC1. The minimum Gasteiger partial charge on any atom is -0.376 e. The smallest absolute Gasteiger partial charge is 0.363 e. The van der Waals surface area contributed by atoms with Crippen molar-refractivity contribution in [2.45, 2.75) is 43.8 Å². The van der Waals surface area contributed by atoms with Crippen molar-refractivity contribution >= 4 is 19.2 Å². The Labute approximate surface area is 101 Å². The van der Waals surface area contributed by atoms with E-state index in [0.717, 1.165) is 6.42 Å². The lowest BCUT2D eigenvalue weighted by Crippen LogP contribution is -2.41. The van der Waals surface area contributed by atoms with Gasteiger partial charge in [0, 0.05) is 5.41 Å². The van der Waals surface area contributed by atoms with Gasteiger partial charge in [0.25, 0.3) is 0 Å². The topological polar surface area (TPSA) is 55.8 Å². The molecule has 0 bridgehead atoms. The van der Waals surface area contributed by atoms with E-state index in [1.54, 1.807) is 0 Å². The van der Waals surface area contributed by atoms with Crippen LogP contribution in [0.25, 0.3) is 0 Å². The summed E-state index contributed by atoms with van der Waals surface area (Å²) in [6, 6.07) is 0. The van der Waals surface area contributed by atoms with Crippen LogP contribution in [0.2, 0.25) is 0 Å². The number of alkyl halides is 1. The largest absolute Gasteiger partial charge is 0.376 e. The summed E-state index contributed by atoms with van der Waals surface area (Å²) < 4.78 is 23.2. The Balaban J connectivity index is 2.18. The normalized spacial score (nSPS) is 42.1. The van der Waals surface area contributed by atoms with Crippen molar-refractivity contribution in [3.8, 4) is 0 Å². The third kappa shape index (κ3) is 1.95. The van der Waals surface area contributed by atoms with Crippen LogP contribution in [0.5, 0.6) is 0 Å². The summed E-state index contributed by atoms with van der Waals surface area (Å²) in [6.45, 7) is 4.59. The maximum absolute atomic E-state index is 12.5. The molecule has 2 atom stereocenters. The van der Waals surface area contributed by atoms with Gasteiger partial charge in [0.2, 0.25) is 0 Å². The summed E-state index contributed by atoms with van der Waals surface area (Å²) in [7, 11) is -3.49. The van der Waals surface area contributed by atoms with Crippen molar-refractivity contribution in [2.75, 3.05) is 13.2 Å². The first kappa shape index (κ1) is 12.8. The van der Waals surface area contributed by atoms with Crippen LogP contribution < -0.4 is 0 Å². The summed E-state index contributed by atoms with van der Waals surface area (Å²) in [6.07, 6.45) is 1.79. The van der Waals surface area contributed by atoms with Gasteiger partial charge in [-0.3, -0.25) is 4.57 Å². The fourth-order valence-electron chi connectivity index (χ4n) is 2.06. The molecule has 6 heteroatoms. The van der Waals surface area contributed by atoms with E-state index in [9.17, 15) is 9.67 Å². The van der Waals surface area contributed by atoms with E-state index in [1.807, 2.05) is 13.8 Å². The first-order chi connectivity index (χ1) is 7.29. The molecule has 1 aliphatic carbocycles. The Bertz CT molecular complexity index is 319. The molecule has 2 aliphatic rings. The molecule has 0 aromatic rings. The minimum absolute atomic E-state index is 0.162. The summed E-state index contributed by atoms with van der Waals surface area (Å²) in [5.74, 6) is 0. The lowest BCUT2D eigenvalue weighted by molar-refractivity contribution is -0.000595. The van der Waals surface area contributed by atoms with Crippen LogP contribution in [0.3, 0.4) is 0 Å². The van der Waals surface area contributed by atoms with Gasteiger partial charge in [-0.25, -0.2) is 0 Å². The van der Waals surface area contributed by atoms with Crippen molar-refractivity contribution in [2.24, 2.45) is 5.41 Å². The zero-order chi connectivity index (χ0) is 12.0. The van der Waals surface area contributed by atoms with Gasteiger partial charge in [0.15, 0.2) is 5.34 Å². The number of rotatable bonds is 1. The van der Waals surface area contributed by atoms with Crippen molar-refractivity contribution in [3.63, 3.8) is 0 Å². The molecule has 0 spiro atoms. The van der Waals surface area contributed by atoms with E-state index < -0.39 is 18.3 Å². The van der Waals surface area contributed by atoms with Crippen molar-refractivity contribution < 1.29 is 18.7 Å². The lowest BCUT2D eigenvalue weighted by Gasteiger charge is -2.41. The second-order valence-electron chi connectivity index (χ2n) is 5.45. The molecule has 0 radical (unpaired) electrons. The Kier molecular flexibility index (Phi) is 3.18. The number of halogens is 1. The van der Waals surface area contributed by atoms with Crippen LogP contribution >= 0.6 is 19.2 Å². The van der Waals surface area contributed by atoms with E-state index in [4.69, 9.17) is 20.6 Å². The quantitative estimate of drug-likeness (QED) is 0.587. The Morgan fingerprint density at radius 2 is 1.94 bits per heavy atom. The first-order valence-corrected chi connectivity index (χ1v) is 7.53. The Hall–Kier alpha value is 0.400. The predicted octanol–water partition coefficient (Wildman–Crippen LogP) is 2.73. The molecule has 0 aromatic carbocycles. The van der Waals surface area contributed by atoms with Crippen LogP contribution in [0, 0.1) is 5.41 Å². The first-order valence-electron chi connectivity index (χ1n) is 5.55. The molecule has 0 amide bonds. The summed E-state index contributed by atoms with van der Waals surface area (Å²) in [4.78, 5) is 0. The summed E-state index contributed by atoms with van der Waals surface area (Å²) >= 11 is 6.03. The fraction of sp³-hybridized carbons (Fsp3) is 1.00. The van der Waals surface area contributed by atoms with Crippen molar-refractivity contribution in [1.82, 2.24) is 0 Å². The standard InChI is InChI=1S/C10H18ClO4P/c1-9(2)6-14-16(13,15-7-9)10(12)5-3-4-8(10)11/h8,12H,3-7H2,1-2H3/t8-,10-/m0/s1. The molecule has 0 aromatic heterocycles. The van der Waals surface area contributed by atoms with Crippen LogP contribution in [0.4, 0.5) is 0 Å². The van der Waals surface area contributed by atoms with Gasteiger partial charge >= 0.3 is 7.60 Å². The second-order valence-corrected chi connectivity index (χ2v) is 8.26. The zero-order valence-corrected chi connectivity index (χ0v) is 11.3. The average molecular weight is 269 g/mol. The van der Waals surface area contributed by atoms with Crippen LogP contribution in [0.15, 0.2) is 0 Å². The maximum atomic E-state index is 12.5. The van der Waals surface area contributed by atoms with Crippen molar-refractivity contribution in [1.29, 1.82) is 0 Å². The fourth-order valence-corrected chi connectivity index (χ4v) is 5.15. The van der Waals surface area contributed by atoms with Gasteiger partial charge in [-0.2, -0.15) is 0 Å². The molecule has 1 saturated carbocycles. The van der Waals surface area contributed by atoms with Gasteiger partial charge in [0.05, 0.1) is 18.6 Å². The third-order valence-corrected chi connectivity index (χ3v) is 6.38. The van der Waals surface area contributed by atoms with E-state index in [1.165, 1.54) is 0 Å². The second kappa shape index (κ2) is 3.96. The molecule has 2 fully saturated rings. The molecule has 0 unspecified atom stereocenters. The molecular weight excluding hydrogens is 251 g/mol. The zero-order valence-electron chi connectivity index (χ0n) is 9.61. The highest BCUT2D eigenvalue weighted by atomic mass is 35.5. The molecule has 1 heterocycles. The Morgan fingerprint density at radius 3 is 2.38 bits per heavy atom. The summed E-state index contributed by atoms with van der Waals surface area (Å²) in [5, 5.41) is 8.33. The van der Waals surface area contributed by atoms with E-state index >= 15 is 0 Å². The van der Waals surface area contributed by atoms with Crippen LogP contribution in [0.1, 0.15) is 33.1 Å². The lowest BCUT2D eigenvalue weighted by atomic mass is 9.97. The van der Waals surface area contributed by atoms with Gasteiger partial charge < -0.3 is 14.2 Å². The van der Waals surface area contributed by atoms with Crippen molar-refractivity contribution in [3.05, 3.63) is 0 Å². The van der Waals surface area contributed by atoms with Crippen LogP contribution in [-0.4, -0.2) is 29.0 Å². The monoisotopic (exact) mass is 268 g/mol. The molecule has 16 heavy (non-hydrogen) atoms. The van der Waals surface area contributed by atoms with Gasteiger partial charge in [0.1, 0.15) is 0 Å². The number of aliphatic hydroxyl groups is 1. The van der Waals surface area contributed by atoms with Gasteiger partial charge in [-0.1, -0.05) is 13.8 Å². The molecule has 1 aliphatic heterocycles. The highest BCUT2D eigenvalue weighted by Crippen LogP contribution is 2.67. The van der Waals surface area contributed by atoms with E-state index in [0.29, 0.717) is 26.1 Å². The van der Waals surface area contributed by atoms with Gasteiger partial charge in [-0.05, 0) is 19.3 Å².